The number of anilines is 1. The lowest BCUT2D eigenvalue weighted by Gasteiger charge is -2.22. The fourth-order valence-corrected chi connectivity index (χ4v) is 3.24. The van der Waals surface area contributed by atoms with Crippen LogP contribution in [0.25, 0.3) is 0 Å². The lowest BCUT2D eigenvalue weighted by molar-refractivity contribution is -0.119. The number of carbonyl (C=O) groups is 1. The van der Waals surface area contributed by atoms with Gasteiger partial charge in [-0.05, 0) is 5.92 Å². The number of rotatable bonds is 3. The van der Waals surface area contributed by atoms with Crippen molar-refractivity contribution in [2.75, 3.05) is 4.90 Å². The second-order valence-electron chi connectivity index (χ2n) is 4.11. The summed E-state index contributed by atoms with van der Waals surface area (Å²) in [6.07, 6.45) is 2.07. The van der Waals surface area contributed by atoms with Crippen molar-refractivity contribution in [1.29, 1.82) is 0 Å². The maximum atomic E-state index is 11.2. The SMILES string of the molecule is CC(=O)NC1SC(C(C)C)=CN1c1cscn1. The topological polar surface area (TPSA) is 45.2 Å². The Hall–Kier alpha value is -1.01. The van der Waals surface area contributed by atoms with Crippen LogP contribution in [0.5, 0.6) is 0 Å². The molecule has 1 N–H and O–H groups in total. The number of thioether (sulfide) groups is 1. The van der Waals surface area contributed by atoms with E-state index in [9.17, 15) is 4.79 Å². The molecule has 0 aliphatic carbocycles. The number of aromatic nitrogens is 1. The lowest BCUT2D eigenvalue weighted by atomic mass is 10.2. The van der Waals surface area contributed by atoms with Crippen molar-refractivity contribution in [1.82, 2.24) is 10.3 Å². The monoisotopic (exact) mass is 269 g/mol. The lowest BCUT2D eigenvalue weighted by Crippen LogP contribution is -2.40. The van der Waals surface area contributed by atoms with Gasteiger partial charge in [-0.2, -0.15) is 0 Å². The minimum atomic E-state index is -0.0769. The van der Waals surface area contributed by atoms with Crippen molar-refractivity contribution >= 4 is 34.8 Å². The summed E-state index contributed by atoms with van der Waals surface area (Å²) < 4.78 is 0. The van der Waals surface area contributed by atoms with Gasteiger partial charge in [-0.1, -0.05) is 25.6 Å². The third kappa shape index (κ3) is 2.81. The van der Waals surface area contributed by atoms with Gasteiger partial charge in [0.15, 0.2) is 5.50 Å². The number of hydrogen-bond donors (Lipinski definition) is 1. The summed E-state index contributed by atoms with van der Waals surface area (Å²) in [6, 6.07) is 0. The van der Waals surface area contributed by atoms with Crippen molar-refractivity contribution in [3.63, 3.8) is 0 Å². The first kappa shape index (κ1) is 12.4. The molecule has 0 saturated carbocycles. The van der Waals surface area contributed by atoms with Crippen molar-refractivity contribution in [2.24, 2.45) is 5.92 Å². The highest BCUT2D eigenvalue weighted by Gasteiger charge is 2.29. The van der Waals surface area contributed by atoms with Gasteiger partial charge in [-0.15, -0.1) is 11.3 Å². The Labute approximate surface area is 109 Å². The van der Waals surface area contributed by atoms with Gasteiger partial charge in [-0.25, -0.2) is 4.98 Å². The number of thiazole rings is 1. The molecule has 1 aromatic heterocycles. The number of hydrogen-bond acceptors (Lipinski definition) is 5. The molecule has 0 aromatic carbocycles. The van der Waals surface area contributed by atoms with Crippen LogP contribution in [0.1, 0.15) is 20.8 Å². The predicted octanol–water partition coefficient (Wildman–Crippen LogP) is 2.61. The highest BCUT2D eigenvalue weighted by Crippen LogP contribution is 2.38. The van der Waals surface area contributed by atoms with E-state index in [-0.39, 0.29) is 11.4 Å². The first-order chi connectivity index (χ1) is 8.08. The molecule has 17 heavy (non-hydrogen) atoms. The standard InChI is InChI=1S/C11H15N3OS2/c1-7(2)9-4-14(10-5-16-6-12-10)11(17-9)13-8(3)15/h4-7,11H,1-3H3,(H,13,15). The van der Waals surface area contributed by atoms with Crippen LogP contribution in [0.3, 0.4) is 0 Å². The third-order valence-electron chi connectivity index (χ3n) is 2.35. The second kappa shape index (κ2) is 5.10. The van der Waals surface area contributed by atoms with E-state index in [0.717, 1.165) is 5.82 Å². The van der Waals surface area contributed by atoms with Gasteiger partial charge in [0.1, 0.15) is 5.82 Å². The molecular weight excluding hydrogens is 254 g/mol. The van der Waals surface area contributed by atoms with Crippen LogP contribution in [0, 0.1) is 5.92 Å². The smallest absolute Gasteiger partial charge is 0.219 e. The fraction of sp³-hybridized carbons (Fsp3) is 0.455. The zero-order valence-corrected chi connectivity index (χ0v) is 11.6. The molecule has 1 unspecified atom stereocenters. The molecule has 1 aliphatic rings. The average molecular weight is 269 g/mol. The minimum Gasteiger partial charge on any atom is -0.327 e. The van der Waals surface area contributed by atoms with Crippen LogP contribution >= 0.6 is 23.1 Å². The summed E-state index contributed by atoms with van der Waals surface area (Å²) in [7, 11) is 0. The van der Waals surface area contributed by atoms with E-state index in [0.29, 0.717) is 5.92 Å². The molecular formula is C11H15N3OS2. The molecule has 0 radical (unpaired) electrons. The van der Waals surface area contributed by atoms with Crippen molar-refractivity contribution in [2.45, 2.75) is 26.3 Å². The molecule has 1 aromatic rings. The van der Waals surface area contributed by atoms with E-state index in [1.54, 1.807) is 28.6 Å². The molecule has 6 heteroatoms. The van der Waals surface area contributed by atoms with Crippen LogP contribution in [-0.4, -0.2) is 16.4 Å². The number of nitrogens with one attached hydrogen (secondary N) is 1. The molecule has 92 valence electrons. The number of allylic oxidation sites excluding steroid dienone is 1. The van der Waals surface area contributed by atoms with Crippen molar-refractivity contribution in [3.8, 4) is 0 Å². The van der Waals surface area contributed by atoms with E-state index in [1.807, 2.05) is 10.3 Å². The summed E-state index contributed by atoms with van der Waals surface area (Å²) in [5.41, 5.74) is 1.72. The Balaban J connectivity index is 2.21. The zero-order valence-electron chi connectivity index (χ0n) is 10.0. The zero-order chi connectivity index (χ0) is 12.4. The molecule has 1 amide bonds. The summed E-state index contributed by atoms with van der Waals surface area (Å²) in [4.78, 5) is 18.8. The largest absolute Gasteiger partial charge is 0.327 e. The van der Waals surface area contributed by atoms with E-state index >= 15 is 0 Å². The van der Waals surface area contributed by atoms with Crippen LogP contribution in [-0.2, 0) is 4.79 Å². The molecule has 0 saturated heterocycles. The van der Waals surface area contributed by atoms with Gasteiger partial charge in [0, 0.05) is 23.4 Å². The molecule has 0 fully saturated rings. The number of carbonyl (C=O) groups excluding carboxylic acids is 1. The number of nitrogens with zero attached hydrogens (tertiary/aromatic N) is 2. The maximum absolute atomic E-state index is 11.2. The Morgan fingerprint density at radius 1 is 1.59 bits per heavy atom. The van der Waals surface area contributed by atoms with Gasteiger partial charge in [0.05, 0.1) is 5.51 Å². The Morgan fingerprint density at radius 2 is 2.35 bits per heavy atom. The Bertz CT molecular complexity index is 428. The van der Waals surface area contributed by atoms with E-state index < -0.39 is 0 Å². The Morgan fingerprint density at radius 3 is 2.88 bits per heavy atom. The summed E-state index contributed by atoms with van der Waals surface area (Å²) in [6.45, 7) is 5.83. The number of amides is 1. The summed E-state index contributed by atoms with van der Waals surface area (Å²) >= 11 is 3.23. The molecule has 1 atom stereocenters. The van der Waals surface area contributed by atoms with Crippen LogP contribution in [0.4, 0.5) is 5.82 Å². The maximum Gasteiger partial charge on any atom is 0.219 e. The van der Waals surface area contributed by atoms with Gasteiger partial charge < -0.3 is 10.2 Å². The predicted molar refractivity (Wildman–Crippen MR) is 72.7 cm³/mol. The third-order valence-corrected chi connectivity index (χ3v) is 4.34. The molecule has 0 bridgehead atoms. The minimum absolute atomic E-state index is 0.0267. The first-order valence-electron chi connectivity index (χ1n) is 5.40. The molecule has 1 aliphatic heterocycles. The van der Waals surface area contributed by atoms with E-state index in [1.165, 1.54) is 11.8 Å². The normalized spacial score (nSPS) is 19.6. The van der Waals surface area contributed by atoms with Gasteiger partial charge >= 0.3 is 0 Å². The summed E-state index contributed by atoms with van der Waals surface area (Å²) in [5, 5.41) is 4.91. The fourth-order valence-electron chi connectivity index (χ4n) is 1.50. The highest BCUT2D eigenvalue weighted by molar-refractivity contribution is 8.04. The van der Waals surface area contributed by atoms with Crippen LogP contribution in [0.2, 0.25) is 0 Å². The van der Waals surface area contributed by atoms with E-state index in [2.05, 4.69) is 30.3 Å². The molecule has 4 nitrogen and oxygen atoms in total. The van der Waals surface area contributed by atoms with Gasteiger partial charge in [0.25, 0.3) is 0 Å². The van der Waals surface area contributed by atoms with Crippen LogP contribution in [0.15, 0.2) is 22.0 Å². The van der Waals surface area contributed by atoms with Crippen molar-refractivity contribution < 1.29 is 4.79 Å². The second-order valence-corrected chi connectivity index (χ2v) is 5.98. The molecule has 2 heterocycles. The summed E-state index contributed by atoms with van der Waals surface area (Å²) in [5.74, 6) is 1.32. The van der Waals surface area contributed by atoms with Gasteiger partial charge in [-0.3, -0.25) is 4.79 Å². The van der Waals surface area contributed by atoms with Crippen molar-refractivity contribution in [3.05, 3.63) is 22.0 Å². The molecule has 2 rings (SSSR count). The average Bonchev–Trinajstić information content (AvgIpc) is 2.83. The first-order valence-corrected chi connectivity index (χ1v) is 7.22. The van der Waals surface area contributed by atoms with E-state index in [4.69, 9.17) is 0 Å². The Kier molecular flexibility index (Phi) is 3.73. The quantitative estimate of drug-likeness (QED) is 0.916. The molecule has 0 spiro atoms. The highest BCUT2D eigenvalue weighted by atomic mass is 32.2. The van der Waals surface area contributed by atoms with Gasteiger partial charge in [0.2, 0.25) is 5.91 Å². The van der Waals surface area contributed by atoms with Crippen LogP contribution < -0.4 is 10.2 Å².